The molecule has 0 saturated heterocycles. The lowest BCUT2D eigenvalue weighted by Crippen LogP contribution is -2.46. The Morgan fingerprint density at radius 3 is 2.58 bits per heavy atom. The number of hydrogen-bond donors (Lipinski definition) is 3. The van der Waals surface area contributed by atoms with E-state index in [1.54, 1.807) is 0 Å². The van der Waals surface area contributed by atoms with Gasteiger partial charge in [0.15, 0.2) is 0 Å². The van der Waals surface area contributed by atoms with Crippen molar-refractivity contribution in [2.45, 2.75) is 12.5 Å². The molecule has 0 unspecified atom stereocenters. The summed E-state index contributed by atoms with van der Waals surface area (Å²) < 4.78 is 0. The highest BCUT2D eigenvalue weighted by Gasteiger charge is 2.45. The summed E-state index contributed by atoms with van der Waals surface area (Å²) in [6.07, 6.45) is 5.20. The van der Waals surface area contributed by atoms with Crippen molar-refractivity contribution in [3.05, 3.63) is 12.2 Å². The fourth-order valence-corrected chi connectivity index (χ4v) is 2.33. The quantitative estimate of drug-likeness (QED) is 0.205. The van der Waals surface area contributed by atoms with Crippen molar-refractivity contribution in [2.24, 2.45) is 29.3 Å². The van der Waals surface area contributed by atoms with Crippen LogP contribution in [0.3, 0.4) is 0 Å². The van der Waals surface area contributed by atoms with E-state index in [4.69, 9.17) is 11.6 Å². The van der Waals surface area contributed by atoms with E-state index in [-0.39, 0.29) is 17.9 Å². The lowest BCUT2D eigenvalue weighted by Gasteiger charge is -2.22. The van der Waals surface area contributed by atoms with E-state index in [0.717, 1.165) is 6.42 Å². The predicted octanol–water partition coefficient (Wildman–Crippen LogP) is -0.874. The van der Waals surface area contributed by atoms with Gasteiger partial charge in [0.1, 0.15) is 0 Å². The van der Waals surface area contributed by atoms with Crippen molar-refractivity contribution >= 4 is 5.91 Å². The maximum absolute atomic E-state index is 11.3. The van der Waals surface area contributed by atoms with E-state index in [1.807, 2.05) is 0 Å². The average Bonchev–Trinajstić information content (AvgIpc) is 2.63. The van der Waals surface area contributed by atoms with Crippen LogP contribution in [0, 0.1) is 17.8 Å². The average molecular weight is 167 g/mol. The van der Waals surface area contributed by atoms with E-state index in [0.29, 0.717) is 11.8 Å². The van der Waals surface area contributed by atoms with Crippen LogP contribution in [0.5, 0.6) is 0 Å². The zero-order valence-electron chi connectivity index (χ0n) is 6.73. The smallest absolute Gasteiger partial charge is 0.239 e. The molecule has 66 valence electrons. The van der Waals surface area contributed by atoms with Crippen LogP contribution in [-0.4, -0.2) is 11.9 Å². The first kappa shape index (κ1) is 7.76. The lowest BCUT2D eigenvalue weighted by atomic mass is 9.89. The van der Waals surface area contributed by atoms with Gasteiger partial charge in [0.25, 0.3) is 0 Å². The second-order valence-electron chi connectivity index (χ2n) is 3.56. The van der Waals surface area contributed by atoms with Crippen molar-refractivity contribution in [3.8, 4) is 0 Å². The molecular formula is C8H13N3O. The first-order valence-corrected chi connectivity index (χ1v) is 4.18. The molecule has 5 N–H and O–H groups in total. The molecule has 1 amide bonds. The summed E-state index contributed by atoms with van der Waals surface area (Å²) in [5.74, 6) is 5.53. The van der Waals surface area contributed by atoms with E-state index in [1.165, 1.54) is 0 Å². The Hall–Kier alpha value is -0.870. The zero-order chi connectivity index (χ0) is 8.72. The normalized spacial score (nSPS) is 43.5. The van der Waals surface area contributed by atoms with E-state index in [9.17, 15) is 4.79 Å². The van der Waals surface area contributed by atoms with E-state index in [2.05, 4.69) is 17.6 Å². The van der Waals surface area contributed by atoms with Gasteiger partial charge in [-0.1, -0.05) is 12.2 Å². The minimum absolute atomic E-state index is 0.0384. The van der Waals surface area contributed by atoms with Gasteiger partial charge in [0.05, 0.1) is 5.92 Å². The Kier molecular flexibility index (Phi) is 1.66. The molecule has 0 aromatic rings. The SMILES string of the molecule is NNC(=O)[C@H]1[C@@H](N)[C@H]2C=C[C@@H]1C2. The second-order valence-corrected chi connectivity index (χ2v) is 3.56. The molecule has 1 fully saturated rings. The van der Waals surface area contributed by atoms with Gasteiger partial charge in [-0.05, 0) is 18.3 Å². The van der Waals surface area contributed by atoms with Crippen LogP contribution in [0.1, 0.15) is 6.42 Å². The predicted molar refractivity (Wildman–Crippen MR) is 44.5 cm³/mol. The third-order valence-electron chi connectivity index (χ3n) is 2.97. The molecule has 4 nitrogen and oxygen atoms in total. The number of fused-ring (bicyclic) bond motifs is 2. The standard InChI is InChI=1S/C8H13N3O/c9-7-5-2-1-4(3-5)6(7)8(12)11-10/h1-2,4-7H,3,9-10H2,(H,11,12)/t4-,5+,6-,7+/m1/s1. The van der Waals surface area contributed by atoms with Crippen LogP contribution in [0.2, 0.25) is 0 Å². The summed E-state index contributed by atoms with van der Waals surface area (Å²) >= 11 is 0. The summed E-state index contributed by atoms with van der Waals surface area (Å²) in [4.78, 5) is 11.3. The summed E-state index contributed by atoms with van der Waals surface area (Å²) in [6, 6.07) is -0.0384. The van der Waals surface area contributed by atoms with Crippen LogP contribution in [0.15, 0.2) is 12.2 Å². The van der Waals surface area contributed by atoms with Crippen LogP contribution >= 0.6 is 0 Å². The van der Waals surface area contributed by atoms with Gasteiger partial charge in [-0.15, -0.1) is 0 Å². The van der Waals surface area contributed by atoms with E-state index < -0.39 is 0 Å². The molecule has 0 spiro atoms. The molecule has 2 bridgehead atoms. The van der Waals surface area contributed by atoms with Gasteiger partial charge in [-0.2, -0.15) is 0 Å². The number of hydrazine groups is 1. The highest BCUT2D eigenvalue weighted by molar-refractivity contribution is 5.80. The maximum atomic E-state index is 11.3. The van der Waals surface area contributed by atoms with Crippen molar-refractivity contribution < 1.29 is 4.79 Å². The fraction of sp³-hybridized carbons (Fsp3) is 0.625. The third-order valence-corrected chi connectivity index (χ3v) is 2.97. The van der Waals surface area contributed by atoms with E-state index >= 15 is 0 Å². The van der Waals surface area contributed by atoms with Gasteiger partial charge in [-0.3, -0.25) is 10.2 Å². The third kappa shape index (κ3) is 0.884. The molecule has 4 atom stereocenters. The molecule has 12 heavy (non-hydrogen) atoms. The minimum Gasteiger partial charge on any atom is -0.326 e. The summed E-state index contributed by atoms with van der Waals surface area (Å²) in [5, 5.41) is 0. The summed E-state index contributed by atoms with van der Waals surface area (Å²) in [5.41, 5.74) is 8.04. The molecule has 2 rings (SSSR count). The number of carbonyl (C=O) groups is 1. The minimum atomic E-state index is -0.126. The van der Waals surface area contributed by atoms with Crippen LogP contribution in [-0.2, 0) is 4.79 Å². The molecule has 0 radical (unpaired) electrons. The largest absolute Gasteiger partial charge is 0.326 e. The lowest BCUT2D eigenvalue weighted by molar-refractivity contribution is -0.126. The molecule has 4 heteroatoms. The van der Waals surface area contributed by atoms with Gasteiger partial charge < -0.3 is 5.73 Å². The number of nitrogens with one attached hydrogen (secondary N) is 1. The molecule has 2 aliphatic rings. The number of amides is 1. The van der Waals surface area contributed by atoms with Crippen molar-refractivity contribution in [3.63, 3.8) is 0 Å². The van der Waals surface area contributed by atoms with Crippen LogP contribution in [0.25, 0.3) is 0 Å². The molecule has 0 aromatic carbocycles. The first-order chi connectivity index (χ1) is 5.74. The molecule has 1 saturated carbocycles. The molecule has 2 aliphatic carbocycles. The summed E-state index contributed by atoms with van der Waals surface area (Å²) in [6.45, 7) is 0. The number of hydrogen-bond acceptors (Lipinski definition) is 3. The van der Waals surface area contributed by atoms with Gasteiger partial charge in [0.2, 0.25) is 5.91 Å². The maximum Gasteiger partial charge on any atom is 0.239 e. The fourth-order valence-electron chi connectivity index (χ4n) is 2.33. The van der Waals surface area contributed by atoms with Crippen LogP contribution < -0.4 is 17.0 Å². The van der Waals surface area contributed by atoms with Crippen molar-refractivity contribution in [2.75, 3.05) is 0 Å². The van der Waals surface area contributed by atoms with Crippen molar-refractivity contribution in [1.82, 2.24) is 5.43 Å². The van der Waals surface area contributed by atoms with Gasteiger partial charge >= 0.3 is 0 Å². The van der Waals surface area contributed by atoms with Crippen LogP contribution in [0.4, 0.5) is 0 Å². The summed E-state index contributed by atoms with van der Waals surface area (Å²) in [7, 11) is 0. The Bertz CT molecular complexity index is 238. The molecule has 0 aliphatic heterocycles. The molecule has 0 aromatic heterocycles. The number of allylic oxidation sites excluding steroid dienone is 1. The highest BCUT2D eigenvalue weighted by atomic mass is 16.2. The van der Waals surface area contributed by atoms with Gasteiger partial charge in [-0.25, -0.2) is 5.84 Å². The second kappa shape index (κ2) is 2.57. The Labute approximate surface area is 71.0 Å². The Balaban J connectivity index is 2.18. The first-order valence-electron chi connectivity index (χ1n) is 4.18. The molecule has 0 heterocycles. The highest BCUT2D eigenvalue weighted by Crippen LogP contribution is 2.42. The van der Waals surface area contributed by atoms with Gasteiger partial charge in [0, 0.05) is 6.04 Å². The number of carbonyl (C=O) groups excluding carboxylic acids is 1. The monoisotopic (exact) mass is 167 g/mol. The Morgan fingerprint density at radius 1 is 1.42 bits per heavy atom. The van der Waals surface area contributed by atoms with Crippen molar-refractivity contribution in [1.29, 1.82) is 0 Å². The topological polar surface area (TPSA) is 81.1 Å². The zero-order valence-corrected chi connectivity index (χ0v) is 6.73. The number of rotatable bonds is 1. The Morgan fingerprint density at radius 2 is 2.08 bits per heavy atom. The molecular weight excluding hydrogens is 154 g/mol. The number of nitrogens with two attached hydrogens (primary N) is 2.